The van der Waals surface area contributed by atoms with Crippen molar-refractivity contribution in [1.82, 2.24) is 0 Å². The van der Waals surface area contributed by atoms with E-state index < -0.39 is 10.8 Å². The minimum Gasteiger partial charge on any atom is -0.469 e. The number of halogens is 1. The lowest BCUT2D eigenvalue weighted by atomic mass is 10.1. The number of esters is 1. The molecule has 0 aliphatic carbocycles. The van der Waals surface area contributed by atoms with Crippen LogP contribution in [0.2, 0.25) is 0 Å². The molecule has 3 nitrogen and oxygen atoms in total. The summed E-state index contributed by atoms with van der Waals surface area (Å²) >= 11 is 3.38. The van der Waals surface area contributed by atoms with Gasteiger partial charge in [-0.25, -0.2) is 0 Å². The zero-order valence-electron chi connectivity index (χ0n) is 11.5. The molecule has 2 aromatic carbocycles. The van der Waals surface area contributed by atoms with Gasteiger partial charge in [-0.15, -0.1) is 0 Å². The van der Waals surface area contributed by atoms with Crippen LogP contribution in [0.15, 0.2) is 57.9 Å². The molecule has 0 bridgehead atoms. The number of methoxy groups -OCH3 is 1. The molecule has 21 heavy (non-hydrogen) atoms. The highest BCUT2D eigenvalue weighted by molar-refractivity contribution is 9.10. The van der Waals surface area contributed by atoms with Gasteiger partial charge >= 0.3 is 5.97 Å². The minimum absolute atomic E-state index is 0.197. The maximum atomic E-state index is 12.4. The summed E-state index contributed by atoms with van der Waals surface area (Å²) in [4.78, 5) is 12.2. The van der Waals surface area contributed by atoms with Gasteiger partial charge in [0.2, 0.25) is 0 Å². The van der Waals surface area contributed by atoms with E-state index in [9.17, 15) is 9.00 Å². The SMILES string of the molecule is COC(=O)Cc1ccccc1CS(=O)c1cccc(Br)c1. The molecule has 0 amide bonds. The van der Waals surface area contributed by atoms with E-state index in [1.165, 1.54) is 7.11 Å². The smallest absolute Gasteiger partial charge is 0.309 e. The first-order chi connectivity index (χ1) is 10.1. The second-order valence-electron chi connectivity index (χ2n) is 4.47. The molecule has 5 heteroatoms. The molecule has 110 valence electrons. The highest BCUT2D eigenvalue weighted by Crippen LogP contribution is 2.19. The number of hydrogen-bond donors (Lipinski definition) is 0. The maximum Gasteiger partial charge on any atom is 0.309 e. The normalized spacial score (nSPS) is 11.9. The van der Waals surface area contributed by atoms with Crippen LogP contribution in [0, 0.1) is 0 Å². The van der Waals surface area contributed by atoms with Crippen molar-refractivity contribution >= 4 is 32.7 Å². The molecule has 0 aromatic heterocycles. The first kappa shape index (κ1) is 15.9. The molecule has 2 aromatic rings. The molecule has 0 spiro atoms. The summed E-state index contributed by atoms with van der Waals surface area (Å²) in [6, 6.07) is 14.9. The van der Waals surface area contributed by atoms with Gasteiger partial charge in [0, 0.05) is 9.37 Å². The van der Waals surface area contributed by atoms with Gasteiger partial charge in [0.05, 0.1) is 30.1 Å². The van der Waals surface area contributed by atoms with Crippen molar-refractivity contribution in [3.8, 4) is 0 Å². The van der Waals surface area contributed by atoms with E-state index in [-0.39, 0.29) is 12.4 Å². The van der Waals surface area contributed by atoms with Crippen molar-refractivity contribution in [2.24, 2.45) is 0 Å². The molecule has 1 unspecified atom stereocenters. The van der Waals surface area contributed by atoms with Crippen LogP contribution in [0.25, 0.3) is 0 Å². The average molecular weight is 367 g/mol. The predicted molar refractivity (Wildman–Crippen MR) is 86.4 cm³/mol. The van der Waals surface area contributed by atoms with E-state index >= 15 is 0 Å². The molecular formula is C16H15BrO3S. The molecule has 0 fully saturated rings. The van der Waals surface area contributed by atoms with Gasteiger partial charge in [0.25, 0.3) is 0 Å². The summed E-state index contributed by atoms with van der Waals surface area (Å²) in [7, 11) is 0.212. The third-order valence-electron chi connectivity index (χ3n) is 3.03. The van der Waals surface area contributed by atoms with Gasteiger partial charge in [0.1, 0.15) is 0 Å². The quantitative estimate of drug-likeness (QED) is 0.760. The summed E-state index contributed by atoms with van der Waals surface area (Å²) in [5, 5.41) is 0. The Morgan fingerprint density at radius 1 is 1.14 bits per heavy atom. The van der Waals surface area contributed by atoms with Crippen LogP contribution < -0.4 is 0 Å². The van der Waals surface area contributed by atoms with Crippen molar-refractivity contribution in [2.45, 2.75) is 17.1 Å². The number of hydrogen-bond acceptors (Lipinski definition) is 3. The molecule has 2 rings (SSSR count). The first-order valence-electron chi connectivity index (χ1n) is 6.37. The molecule has 0 heterocycles. The molecule has 1 atom stereocenters. The summed E-state index contributed by atoms with van der Waals surface area (Å²) in [6.45, 7) is 0. The topological polar surface area (TPSA) is 43.4 Å². The summed E-state index contributed by atoms with van der Waals surface area (Å²) in [6.07, 6.45) is 0.197. The Balaban J connectivity index is 2.19. The van der Waals surface area contributed by atoms with Gasteiger partial charge in [-0.1, -0.05) is 46.3 Å². The number of benzene rings is 2. The van der Waals surface area contributed by atoms with Crippen LogP contribution in [0.3, 0.4) is 0 Å². The fraction of sp³-hybridized carbons (Fsp3) is 0.188. The van der Waals surface area contributed by atoms with Crippen molar-refractivity contribution in [2.75, 3.05) is 7.11 Å². The Labute approximate surface area is 134 Å². The second kappa shape index (κ2) is 7.52. The number of rotatable bonds is 5. The largest absolute Gasteiger partial charge is 0.469 e. The van der Waals surface area contributed by atoms with E-state index in [0.29, 0.717) is 5.75 Å². The molecular weight excluding hydrogens is 352 g/mol. The average Bonchev–Trinajstić information content (AvgIpc) is 2.49. The fourth-order valence-electron chi connectivity index (χ4n) is 1.93. The number of carbonyl (C=O) groups is 1. The van der Waals surface area contributed by atoms with Crippen molar-refractivity contribution in [3.05, 3.63) is 64.1 Å². The standard InChI is InChI=1S/C16H15BrO3S/c1-20-16(18)9-12-5-2-3-6-13(12)11-21(19)15-8-4-7-14(17)10-15/h2-8,10H,9,11H2,1H3. The highest BCUT2D eigenvalue weighted by Gasteiger charge is 2.11. The van der Waals surface area contributed by atoms with Crippen LogP contribution in [-0.2, 0) is 32.5 Å². The van der Waals surface area contributed by atoms with Gasteiger partial charge < -0.3 is 4.74 Å². The Kier molecular flexibility index (Phi) is 5.70. The Morgan fingerprint density at radius 2 is 1.86 bits per heavy atom. The van der Waals surface area contributed by atoms with Crippen LogP contribution in [-0.4, -0.2) is 17.3 Å². The van der Waals surface area contributed by atoms with Crippen LogP contribution in [0.1, 0.15) is 11.1 Å². The lowest BCUT2D eigenvalue weighted by molar-refractivity contribution is -0.139. The Bertz CT molecular complexity index is 670. The zero-order valence-corrected chi connectivity index (χ0v) is 13.9. The predicted octanol–water partition coefficient (Wildman–Crippen LogP) is 3.47. The van der Waals surface area contributed by atoms with E-state index in [2.05, 4.69) is 15.9 Å². The molecule has 0 saturated carbocycles. The summed E-state index contributed by atoms with van der Waals surface area (Å²) in [5.74, 6) is 0.0829. The van der Waals surface area contributed by atoms with E-state index in [1.807, 2.05) is 48.5 Å². The van der Waals surface area contributed by atoms with Gasteiger partial charge in [0.15, 0.2) is 0 Å². The molecule has 0 saturated heterocycles. The lowest BCUT2D eigenvalue weighted by Gasteiger charge is -2.09. The van der Waals surface area contributed by atoms with Crippen molar-refractivity contribution < 1.29 is 13.7 Å². The van der Waals surface area contributed by atoms with Gasteiger partial charge in [-0.2, -0.15) is 0 Å². The fourth-order valence-corrected chi connectivity index (χ4v) is 3.70. The van der Waals surface area contributed by atoms with E-state index in [4.69, 9.17) is 4.74 Å². The molecule has 0 aliphatic heterocycles. The lowest BCUT2D eigenvalue weighted by Crippen LogP contribution is -2.08. The van der Waals surface area contributed by atoms with Crippen LogP contribution >= 0.6 is 15.9 Å². The van der Waals surface area contributed by atoms with Gasteiger partial charge in [-0.3, -0.25) is 9.00 Å². The third kappa shape index (κ3) is 4.51. The van der Waals surface area contributed by atoms with Crippen LogP contribution in [0.4, 0.5) is 0 Å². The summed E-state index contributed by atoms with van der Waals surface area (Å²) < 4.78 is 18.0. The third-order valence-corrected chi connectivity index (χ3v) is 4.87. The monoisotopic (exact) mass is 366 g/mol. The highest BCUT2D eigenvalue weighted by atomic mass is 79.9. The summed E-state index contributed by atoms with van der Waals surface area (Å²) in [5.41, 5.74) is 1.76. The first-order valence-corrected chi connectivity index (χ1v) is 8.49. The van der Waals surface area contributed by atoms with Crippen molar-refractivity contribution in [3.63, 3.8) is 0 Å². The maximum absolute atomic E-state index is 12.4. The molecule has 0 aliphatic rings. The minimum atomic E-state index is -1.15. The molecule has 0 N–H and O–H groups in total. The Morgan fingerprint density at radius 3 is 2.52 bits per heavy atom. The number of carbonyl (C=O) groups excluding carboxylic acids is 1. The van der Waals surface area contributed by atoms with Gasteiger partial charge in [-0.05, 0) is 29.3 Å². The van der Waals surface area contributed by atoms with Crippen LogP contribution in [0.5, 0.6) is 0 Å². The molecule has 0 radical (unpaired) electrons. The zero-order chi connectivity index (χ0) is 15.2. The second-order valence-corrected chi connectivity index (χ2v) is 6.84. The number of ether oxygens (including phenoxy) is 1. The van der Waals surface area contributed by atoms with E-state index in [0.717, 1.165) is 20.5 Å². The van der Waals surface area contributed by atoms with Crippen molar-refractivity contribution in [1.29, 1.82) is 0 Å². The van der Waals surface area contributed by atoms with E-state index in [1.54, 1.807) is 0 Å². The Hall–Kier alpha value is -1.46.